The normalized spacial score (nSPS) is 16.9. The molecule has 2 heterocycles. The summed E-state index contributed by atoms with van der Waals surface area (Å²) in [7, 11) is 5.96. The first kappa shape index (κ1) is 14.8. The summed E-state index contributed by atoms with van der Waals surface area (Å²) >= 11 is 0. The molecular weight excluding hydrogens is 258 g/mol. The van der Waals surface area contributed by atoms with Crippen LogP contribution in [0.4, 0.5) is 11.5 Å². The van der Waals surface area contributed by atoms with Crippen molar-refractivity contribution in [2.45, 2.75) is 32.2 Å². The van der Waals surface area contributed by atoms with Crippen LogP contribution in [0, 0.1) is 10.1 Å². The van der Waals surface area contributed by atoms with Gasteiger partial charge in [-0.2, -0.15) is 5.10 Å². The molecule has 0 N–H and O–H groups in total. The summed E-state index contributed by atoms with van der Waals surface area (Å²) in [4.78, 5) is 15.4. The number of anilines is 1. The highest BCUT2D eigenvalue weighted by atomic mass is 16.6. The third-order valence-corrected chi connectivity index (χ3v) is 4.07. The largest absolute Gasteiger partial charge is 0.351 e. The lowest BCUT2D eigenvalue weighted by atomic mass is 10.0. The second kappa shape index (κ2) is 5.78. The van der Waals surface area contributed by atoms with Gasteiger partial charge < -0.3 is 9.80 Å². The summed E-state index contributed by atoms with van der Waals surface area (Å²) in [6, 6.07) is 0.559. The van der Waals surface area contributed by atoms with Crippen molar-refractivity contribution < 1.29 is 4.92 Å². The molecule has 7 heteroatoms. The van der Waals surface area contributed by atoms with Gasteiger partial charge in [-0.15, -0.1) is 0 Å². The Kier molecular flexibility index (Phi) is 4.27. The van der Waals surface area contributed by atoms with Gasteiger partial charge >= 0.3 is 5.69 Å². The van der Waals surface area contributed by atoms with Crippen molar-refractivity contribution in [3.8, 4) is 0 Å². The molecule has 20 heavy (non-hydrogen) atoms. The van der Waals surface area contributed by atoms with Gasteiger partial charge in [-0.05, 0) is 33.4 Å². The maximum absolute atomic E-state index is 11.3. The number of piperidine rings is 1. The van der Waals surface area contributed by atoms with Crippen molar-refractivity contribution in [1.29, 1.82) is 0 Å². The second-order valence-corrected chi connectivity index (χ2v) is 5.54. The van der Waals surface area contributed by atoms with Crippen LogP contribution < -0.4 is 4.90 Å². The topological polar surface area (TPSA) is 67.4 Å². The Morgan fingerprint density at radius 3 is 2.45 bits per heavy atom. The molecule has 2 rings (SSSR count). The van der Waals surface area contributed by atoms with Gasteiger partial charge in [-0.1, -0.05) is 6.92 Å². The zero-order valence-electron chi connectivity index (χ0n) is 12.7. The number of aryl methyl sites for hydroxylation is 2. The van der Waals surface area contributed by atoms with E-state index < -0.39 is 0 Å². The van der Waals surface area contributed by atoms with E-state index >= 15 is 0 Å². The van der Waals surface area contributed by atoms with Gasteiger partial charge in [0.05, 0.1) is 4.92 Å². The molecule has 1 aromatic heterocycles. The lowest BCUT2D eigenvalue weighted by molar-refractivity contribution is -0.384. The Morgan fingerprint density at radius 1 is 1.40 bits per heavy atom. The molecule has 1 aliphatic heterocycles. The highest BCUT2D eigenvalue weighted by Crippen LogP contribution is 2.33. The Labute approximate surface area is 119 Å². The van der Waals surface area contributed by atoms with Crippen LogP contribution in [-0.4, -0.2) is 52.8 Å². The molecule has 1 aliphatic rings. The lowest BCUT2D eigenvalue weighted by Gasteiger charge is -2.35. The zero-order valence-corrected chi connectivity index (χ0v) is 12.7. The van der Waals surface area contributed by atoms with Crippen molar-refractivity contribution in [2.75, 3.05) is 32.1 Å². The van der Waals surface area contributed by atoms with Gasteiger partial charge in [0.1, 0.15) is 5.69 Å². The monoisotopic (exact) mass is 281 g/mol. The molecule has 1 aromatic rings. The molecule has 0 atom stereocenters. The number of rotatable bonds is 4. The first-order chi connectivity index (χ1) is 9.45. The van der Waals surface area contributed by atoms with E-state index in [1.807, 2.05) is 6.92 Å². The summed E-state index contributed by atoms with van der Waals surface area (Å²) in [5.74, 6) is 0.657. The van der Waals surface area contributed by atoms with Gasteiger partial charge in [-0.25, -0.2) is 4.68 Å². The first-order valence-corrected chi connectivity index (χ1v) is 7.07. The predicted molar refractivity (Wildman–Crippen MR) is 78.2 cm³/mol. The van der Waals surface area contributed by atoms with Gasteiger partial charge in [0.2, 0.25) is 5.82 Å². The van der Waals surface area contributed by atoms with E-state index in [9.17, 15) is 10.1 Å². The summed E-state index contributed by atoms with van der Waals surface area (Å²) in [6.07, 6.45) is 2.63. The van der Waals surface area contributed by atoms with Crippen molar-refractivity contribution in [3.63, 3.8) is 0 Å². The van der Waals surface area contributed by atoms with E-state index in [0.717, 1.165) is 25.9 Å². The van der Waals surface area contributed by atoms with Crippen LogP contribution in [0.2, 0.25) is 0 Å². The molecule has 0 radical (unpaired) electrons. The van der Waals surface area contributed by atoms with E-state index in [1.165, 1.54) is 0 Å². The average Bonchev–Trinajstić information content (AvgIpc) is 2.75. The molecule has 0 amide bonds. The number of aromatic nitrogens is 2. The SMILES string of the molecule is CCc1nn(C)c(N2CCC(N(C)C)CC2)c1[N+](=O)[O-]. The molecule has 0 aromatic carbocycles. The minimum Gasteiger partial charge on any atom is -0.351 e. The highest BCUT2D eigenvalue weighted by molar-refractivity contribution is 5.61. The van der Waals surface area contributed by atoms with E-state index in [1.54, 1.807) is 11.7 Å². The lowest BCUT2D eigenvalue weighted by Crippen LogP contribution is -2.42. The van der Waals surface area contributed by atoms with Gasteiger partial charge in [0.25, 0.3) is 0 Å². The van der Waals surface area contributed by atoms with Gasteiger partial charge in [0.15, 0.2) is 0 Å². The fraction of sp³-hybridized carbons (Fsp3) is 0.769. The summed E-state index contributed by atoms with van der Waals surface area (Å²) in [5, 5.41) is 15.6. The molecule has 0 saturated carbocycles. The highest BCUT2D eigenvalue weighted by Gasteiger charge is 2.32. The van der Waals surface area contributed by atoms with Crippen LogP contribution in [0.3, 0.4) is 0 Å². The first-order valence-electron chi connectivity index (χ1n) is 7.07. The minimum atomic E-state index is -0.292. The van der Waals surface area contributed by atoms with Crippen LogP contribution in [0.5, 0.6) is 0 Å². The number of nitro groups is 1. The van der Waals surface area contributed by atoms with Crippen molar-refractivity contribution >= 4 is 11.5 Å². The average molecular weight is 281 g/mol. The molecular formula is C13H23N5O2. The number of hydrogen-bond donors (Lipinski definition) is 0. The standard InChI is InChI=1S/C13H23N5O2/c1-5-11-12(18(19)20)13(16(4)14-11)17-8-6-10(7-9-17)15(2)3/h10H,5-9H2,1-4H3. The third-order valence-electron chi connectivity index (χ3n) is 4.07. The molecule has 0 spiro atoms. The molecule has 0 aliphatic carbocycles. The summed E-state index contributed by atoms with van der Waals surface area (Å²) in [5.41, 5.74) is 0.750. The van der Waals surface area contributed by atoms with Crippen LogP contribution >= 0.6 is 0 Å². The van der Waals surface area contributed by atoms with E-state index in [-0.39, 0.29) is 10.6 Å². The van der Waals surface area contributed by atoms with Crippen LogP contribution in [0.15, 0.2) is 0 Å². The van der Waals surface area contributed by atoms with Crippen molar-refractivity contribution in [2.24, 2.45) is 7.05 Å². The summed E-state index contributed by atoms with van der Waals surface area (Å²) in [6.45, 7) is 3.58. The fourth-order valence-electron chi connectivity index (χ4n) is 2.93. The Balaban J connectivity index is 2.26. The third kappa shape index (κ3) is 2.63. The Hall–Kier alpha value is -1.63. The maximum Gasteiger partial charge on any atom is 0.334 e. The molecule has 112 valence electrons. The van der Waals surface area contributed by atoms with Crippen molar-refractivity contribution in [3.05, 3.63) is 15.8 Å². The van der Waals surface area contributed by atoms with Crippen LogP contribution in [0.25, 0.3) is 0 Å². The predicted octanol–water partition coefficient (Wildman–Crippen LogP) is 1.42. The minimum absolute atomic E-state index is 0.179. The van der Waals surface area contributed by atoms with Crippen LogP contribution in [0.1, 0.15) is 25.5 Å². The number of nitrogens with zero attached hydrogens (tertiary/aromatic N) is 5. The smallest absolute Gasteiger partial charge is 0.334 e. The Bertz CT molecular complexity index is 489. The van der Waals surface area contributed by atoms with Crippen molar-refractivity contribution in [1.82, 2.24) is 14.7 Å². The van der Waals surface area contributed by atoms with Crippen LogP contribution in [-0.2, 0) is 13.5 Å². The van der Waals surface area contributed by atoms with E-state index in [4.69, 9.17) is 0 Å². The molecule has 7 nitrogen and oxygen atoms in total. The Morgan fingerprint density at radius 2 is 2.00 bits per heavy atom. The maximum atomic E-state index is 11.3. The van der Waals surface area contributed by atoms with Gasteiger partial charge in [0, 0.05) is 26.2 Å². The molecule has 1 saturated heterocycles. The zero-order chi connectivity index (χ0) is 14.9. The quantitative estimate of drug-likeness (QED) is 0.617. The molecule has 0 unspecified atom stereocenters. The second-order valence-electron chi connectivity index (χ2n) is 5.54. The fourth-order valence-corrected chi connectivity index (χ4v) is 2.93. The van der Waals surface area contributed by atoms with E-state index in [0.29, 0.717) is 24.0 Å². The summed E-state index contributed by atoms with van der Waals surface area (Å²) < 4.78 is 1.66. The molecule has 0 bridgehead atoms. The van der Waals surface area contributed by atoms with Gasteiger partial charge in [-0.3, -0.25) is 10.1 Å². The van der Waals surface area contributed by atoms with E-state index in [2.05, 4.69) is 29.0 Å². The number of hydrogen-bond acceptors (Lipinski definition) is 5. The molecule has 1 fully saturated rings.